The first-order chi connectivity index (χ1) is 9.31. The normalized spacial score (nSPS) is 34.7. The van der Waals surface area contributed by atoms with E-state index < -0.39 is 0 Å². The Hall–Kier alpha value is -0.120. The number of nitrogens with two attached hydrogens (primary N) is 1. The minimum Gasteiger partial charge on any atom is -0.377 e. The van der Waals surface area contributed by atoms with E-state index in [1.807, 2.05) is 0 Å². The zero-order chi connectivity index (χ0) is 13.5. The molecule has 2 fully saturated rings. The van der Waals surface area contributed by atoms with Gasteiger partial charge < -0.3 is 10.5 Å². The molecule has 0 amide bonds. The van der Waals surface area contributed by atoms with Gasteiger partial charge in [0.25, 0.3) is 0 Å². The summed E-state index contributed by atoms with van der Waals surface area (Å²) < 4.78 is 5.96. The van der Waals surface area contributed by atoms with Crippen molar-refractivity contribution < 1.29 is 4.74 Å². The highest BCUT2D eigenvalue weighted by Crippen LogP contribution is 2.24. The first kappa shape index (κ1) is 15.3. The summed E-state index contributed by atoms with van der Waals surface area (Å²) in [5, 5.41) is 0. The number of nitrogens with zero attached hydrogens (tertiary/aromatic N) is 1. The van der Waals surface area contributed by atoms with Gasteiger partial charge in [-0.25, -0.2) is 0 Å². The van der Waals surface area contributed by atoms with Crippen molar-refractivity contribution in [2.24, 2.45) is 5.73 Å². The molecule has 1 heterocycles. The van der Waals surface area contributed by atoms with Crippen LogP contribution in [0.5, 0.6) is 0 Å². The van der Waals surface area contributed by atoms with Crippen molar-refractivity contribution in [1.82, 2.24) is 4.90 Å². The molecule has 112 valence electrons. The summed E-state index contributed by atoms with van der Waals surface area (Å²) in [6, 6.07) is 0.985. The van der Waals surface area contributed by atoms with Crippen molar-refractivity contribution in [3.05, 3.63) is 0 Å². The molecule has 3 unspecified atom stereocenters. The average molecular weight is 268 g/mol. The molecule has 1 saturated heterocycles. The highest BCUT2D eigenvalue weighted by molar-refractivity contribution is 4.87. The van der Waals surface area contributed by atoms with E-state index in [-0.39, 0.29) is 0 Å². The van der Waals surface area contributed by atoms with Gasteiger partial charge in [-0.15, -0.1) is 0 Å². The molecule has 3 heteroatoms. The smallest absolute Gasteiger partial charge is 0.0702 e. The summed E-state index contributed by atoms with van der Waals surface area (Å²) in [6.07, 6.45) is 12.0. The maximum atomic E-state index is 6.44. The Morgan fingerprint density at radius 3 is 2.63 bits per heavy atom. The fraction of sp³-hybridized carbons (Fsp3) is 1.00. The second kappa shape index (κ2) is 8.23. The highest BCUT2D eigenvalue weighted by atomic mass is 16.5. The molecule has 0 aromatic heterocycles. The Morgan fingerprint density at radius 2 is 1.84 bits per heavy atom. The van der Waals surface area contributed by atoms with Gasteiger partial charge in [0, 0.05) is 25.2 Å². The lowest BCUT2D eigenvalue weighted by atomic mass is 9.90. The largest absolute Gasteiger partial charge is 0.377 e. The number of ether oxygens (including phenoxy) is 1. The van der Waals surface area contributed by atoms with E-state index in [0.717, 1.165) is 19.6 Å². The lowest BCUT2D eigenvalue weighted by molar-refractivity contribution is -0.0183. The number of piperidine rings is 1. The van der Waals surface area contributed by atoms with Gasteiger partial charge in [0.2, 0.25) is 0 Å². The van der Waals surface area contributed by atoms with Crippen LogP contribution in [0.3, 0.4) is 0 Å². The molecule has 3 nitrogen and oxygen atoms in total. The minimum atomic E-state index is 0.380. The molecule has 0 aromatic rings. The Morgan fingerprint density at radius 1 is 1.05 bits per heavy atom. The summed E-state index contributed by atoms with van der Waals surface area (Å²) in [7, 11) is 0. The van der Waals surface area contributed by atoms with Gasteiger partial charge >= 0.3 is 0 Å². The summed E-state index contributed by atoms with van der Waals surface area (Å²) in [5.74, 6) is 0. The van der Waals surface area contributed by atoms with Crippen LogP contribution in [0, 0.1) is 0 Å². The van der Waals surface area contributed by atoms with Crippen molar-refractivity contribution >= 4 is 0 Å². The summed E-state index contributed by atoms with van der Waals surface area (Å²) in [5.41, 5.74) is 6.44. The SMILES string of the molecule is CCCOC1CCCN(C2CCCCCCC2N)C1. The van der Waals surface area contributed by atoms with Gasteiger partial charge in [0.05, 0.1) is 6.10 Å². The van der Waals surface area contributed by atoms with Crippen molar-refractivity contribution in [1.29, 1.82) is 0 Å². The predicted molar refractivity (Wildman–Crippen MR) is 80.3 cm³/mol. The van der Waals surface area contributed by atoms with Gasteiger partial charge in [-0.05, 0) is 38.6 Å². The third kappa shape index (κ3) is 4.73. The minimum absolute atomic E-state index is 0.380. The van der Waals surface area contributed by atoms with E-state index in [0.29, 0.717) is 18.2 Å². The van der Waals surface area contributed by atoms with Crippen LogP contribution in [-0.4, -0.2) is 42.8 Å². The molecule has 2 N–H and O–H groups in total. The number of rotatable bonds is 4. The predicted octanol–water partition coefficient (Wildman–Crippen LogP) is 2.93. The maximum Gasteiger partial charge on any atom is 0.0702 e. The quantitative estimate of drug-likeness (QED) is 0.852. The lowest BCUT2D eigenvalue weighted by Gasteiger charge is -2.41. The highest BCUT2D eigenvalue weighted by Gasteiger charge is 2.30. The van der Waals surface area contributed by atoms with Gasteiger partial charge in [-0.1, -0.05) is 32.6 Å². The van der Waals surface area contributed by atoms with Gasteiger partial charge in [0.1, 0.15) is 0 Å². The number of hydrogen-bond donors (Lipinski definition) is 1. The Bertz CT molecular complexity index is 247. The standard InChI is InChI=1S/C16H32N2O/c1-2-12-19-14-8-7-11-18(13-14)16-10-6-4-3-5-9-15(16)17/h14-16H,2-13,17H2,1H3. The van der Waals surface area contributed by atoms with Crippen LogP contribution in [0.1, 0.15) is 64.7 Å². The molecular weight excluding hydrogens is 236 g/mol. The van der Waals surface area contributed by atoms with Crippen LogP contribution in [0.25, 0.3) is 0 Å². The maximum absolute atomic E-state index is 6.44. The van der Waals surface area contributed by atoms with Gasteiger partial charge in [-0.3, -0.25) is 4.90 Å². The molecule has 3 atom stereocenters. The molecule has 0 bridgehead atoms. The second-order valence-corrected chi connectivity index (χ2v) is 6.35. The third-order valence-corrected chi connectivity index (χ3v) is 4.72. The van der Waals surface area contributed by atoms with E-state index in [2.05, 4.69) is 11.8 Å². The average Bonchev–Trinajstić information content (AvgIpc) is 2.41. The Labute approximate surface area is 118 Å². The molecule has 0 aromatic carbocycles. The van der Waals surface area contributed by atoms with Crippen LogP contribution in [0.2, 0.25) is 0 Å². The van der Waals surface area contributed by atoms with Gasteiger partial charge in [-0.2, -0.15) is 0 Å². The fourth-order valence-electron chi connectivity index (χ4n) is 3.63. The zero-order valence-corrected chi connectivity index (χ0v) is 12.7. The molecular formula is C16H32N2O. The summed E-state index contributed by atoms with van der Waals surface area (Å²) in [6.45, 7) is 5.43. The molecule has 2 aliphatic rings. The Balaban J connectivity index is 1.86. The van der Waals surface area contributed by atoms with Crippen LogP contribution in [-0.2, 0) is 4.74 Å². The Kier molecular flexibility index (Phi) is 6.62. The molecule has 1 aliphatic heterocycles. The van der Waals surface area contributed by atoms with Gasteiger partial charge in [0.15, 0.2) is 0 Å². The van der Waals surface area contributed by atoms with Crippen LogP contribution >= 0.6 is 0 Å². The fourth-order valence-corrected chi connectivity index (χ4v) is 3.63. The van der Waals surface area contributed by atoms with E-state index in [4.69, 9.17) is 10.5 Å². The zero-order valence-electron chi connectivity index (χ0n) is 12.7. The summed E-state index contributed by atoms with van der Waals surface area (Å²) >= 11 is 0. The summed E-state index contributed by atoms with van der Waals surface area (Å²) in [4.78, 5) is 2.64. The molecule has 0 spiro atoms. The van der Waals surface area contributed by atoms with Crippen LogP contribution in [0.4, 0.5) is 0 Å². The number of hydrogen-bond acceptors (Lipinski definition) is 3. The molecule has 0 radical (unpaired) electrons. The molecule has 1 aliphatic carbocycles. The molecule has 19 heavy (non-hydrogen) atoms. The van der Waals surface area contributed by atoms with E-state index in [9.17, 15) is 0 Å². The van der Waals surface area contributed by atoms with E-state index in [1.165, 1.54) is 57.9 Å². The third-order valence-electron chi connectivity index (χ3n) is 4.72. The van der Waals surface area contributed by atoms with E-state index >= 15 is 0 Å². The van der Waals surface area contributed by atoms with Crippen molar-refractivity contribution in [2.75, 3.05) is 19.7 Å². The van der Waals surface area contributed by atoms with Crippen LogP contribution < -0.4 is 5.73 Å². The van der Waals surface area contributed by atoms with E-state index in [1.54, 1.807) is 0 Å². The second-order valence-electron chi connectivity index (χ2n) is 6.35. The van der Waals surface area contributed by atoms with Crippen molar-refractivity contribution in [3.63, 3.8) is 0 Å². The molecule has 2 rings (SSSR count). The topological polar surface area (TPSA) is 38.5 Å². The monoisotopic (exact) mass is 268 g/mol. The number of likely N-dealkylation sites (tertiary alicyclic amines) is 1. The van der Waals surface area contributed by atoms with Crippen LogP contribution in [0.15, 0.2) is 0 Å². The lowest BCUT2D eigenvalue weighted by Crippen LogP contribution is -2.53. The molecule has 1 saturated carbocycles. The van der Waals surface area contributed by atoms with Crippen molar-refractivity contribution in [3.8, 4) is 0 Å². The van der Waals surface area contributed by atoms with Crippen molar-refractivity contribution in [2.45, 2.75) is 82.9 Å². The first-order valence-corrected chi connectivity index (χ1v) is 8.42. The first-order valence-electron chi connectivity index (χ1n) is 8.42.